The minimum absolute atomic E-state index is 0.0963. The lowest BCUT2D eigenvalue weighted by Crippen LogP contribution is -2.33. The molecule has 1 N–H and O–H groups in total. The average molecular weight is 233 g/mol. The summed E-state index contributed by atoms with van der Waals surface area (Å²) < 4.78 is 0. The number of amides is 1. The van der Waals surface area contributed by atoms with E-state index < -0.39 is 0 Å². The number of aromatic nitrogens is 1. The zero-order chi connectivity index (χ0) is 12.3. The van der Waals surface area contributed by atoms with Gasteiger partial charge in [-0.15, -0.1) is 0 Å². The third kappa shape index (κ3) is 2.57. The molecule has 4 nitrogen and oxygen atoms in total. The molecule has 92 valence electrons. The molecule has 1 aromatic rings. The summed E-state index contributed by atoms with van der Waals surface area (Å²) in [7, 11) is 0. The van der Waals surface area contributed by atoms with E-state index in [1.54, 1.807) is 6.20 Å². The first kappa shape index (κ1) is 11.9. The molecule has 0 bridgehead atoms. The highest BCUT2D eigenvalue weighted by Gasteiger charge is 2.32. The molecule has 1 aromatic heterocycles. The van der Waals surface area contributed by atoms with Crippen molar-refractivity contribution < 1.29 is 4.79 Å². The predicted molar refractivity (Wildman–Crippen MR) is 68.1 cm³/mol. The molecule has 1 fully saturated rings. The molecule has 0 spiro atoms. The van der Waals surface area contributed by atoms with E-state index in [-0.39, 0.29) is 5.91 Å². The Bertz CT molecular complexity index is 401. The summed E-state index contributed by atoms with van der Waals surface area (Å²) in [6, 6.07) is 4.11. The van der Waals surface area contributed by atoms with Crippen molar-refractivity contribution in [1.82, 2.24) is 9.88 Å². The zero-order valence-corrected chi connectivity index (χ0v) is 10.4. The third-order valence-electron chi connectivity index (χ3n) is 2.97. The number of carbonyl (C=O) groups is 1. The first-order valence-electron chi connectivity index (χ1n) is 6.27. The summed E-state index contributed by atoms with van der Waals surface area (Å²) in [6.45, 7) is 5.57. The summed E-state index contributed by atoms with van der Waals surface area (Å²) in [5.41, 5.74) is 0.683. The Balaban J connectivity index is 2.22. The normalized spacial score (nSPS) is 14.5. The van der Waals surface area contributed by atoms with Crippen molar-refractivity contribution in [1.29, 1.82) is 0 Å². The van der Waals surface area contributed by atoms with Gasteiger partial charge in [-0.1, -0.05) is 0 Å². The van der Waals surface area contributed by atoms with Crippen LogP contribution < -0.4 is 5.32 Å². The molecular weight excluding hydrogens is 214 g/mol. The van der Waals surface area contributed by atoms with Crippen LogP contribution in [0.4, 0.5) is 5.82 Å². The molecule has 1 aliphatic rings. The third-order valence-corrected chi connectivity index (χ3v) is 2.97. The molecule has 0 atom stereocenters. The molecule has 1 heterocycles. The van der Waals surface area contributed by atoms with Crippen LogP contribution in [-0.4, -0.2) is 34.9 Å². The van der Waals surface area contributed by atoms with Crippen LogP contribution in [0.2, 0.25) is 0 Å². The number of pyridine rings is 1. The first-order valence-corrected chi connectivity index (χ1v) is 6.27. The van der Waals surface area contributed by atoms with Crippen LogP contribution in [-0.2, 0) is 0 Å². The number of rotatable bonds is 5. The molecule has 0 saturated heterocycles. The van der Waals surface area contributed by atoms with Gasteiger partial charge in [-0.3, -0.25) is 4.79 Å². The van der Waals surface area contributed by atoms with E-state index in [0.717, 1.165) is 25.9 Å². The van der Waals surface area contributed by atoms with Gasteiger partial charge in [-0.2, -0.15) is 0 Å². The molecule has 17 heavy (non-hydrogen) atoms. The number of nitrogens with one attached hydrogen (secondary N) is 1. The first-order chi connectivity index (χ1) is 8.27. The lowest BCUT2D eigenvalue weighted by Gasteiger charge is -2.21. The Morgan fingerprint density at radius 2 is 2.29 bits per heavy atom. The number of anilines is 1. The van der Waals surface area contributed by atoms with Crippen molar-refractivity contribution in [3.05, 3.63) is 23.9 Å². The quantitative estimate of drug-likeness (QED) is 0.847. The van der Waals surface area contributed by atoms with Gasteiger partial charge >= 0.3 is 0 Å². The van der Waals surface area contributed by atoms with Gasteiger partial charge in [0.05, 0.1) is 5.56 Å². The Kier molecular flexibility index (Phi) is 3.61. The zero-order valence-electron chi connectivity index (χ0n) is 10.4. The van der Waals surface area contributed by atoms with E-state index in [4.69, 9.17) is 0 Å². The number of hydrogen-bond acceptors (Lipinski definition) is 3. The van der Waals surface area contributed by atoms with Crippen molar-refractivity contribution in [2.75, 3.05) is 18.4 Å². The van der Waals surface area contributed by atoms with Gasteiger partial charge in [0.2, 0.25) is 0 Å². The van der Waals surface area contributed by atoms with E-state index in [1.807, 2.05) is 30.9 Å². The summed E-state index contributed by atoms with van der Waals surface area (Å²) >= 11 is 0. The highest BCUT2D eigenvalue weighted by molar-refractivity contribution is 5.99. The molecule has 0 aliphatic heterocycles. The van der Waals surface area contributed by atoms with Gasteiger partial charge in [0.25, 0.3) is 5.91 Å². The van der Waals surface area contributed by atoms with Crippen LogP contribution in [0.1, 0.15) is 37.0 Å². The summed E-state index contributed by atoms with van der Waals surface area (Å²) in [5, 5.41) is 3.14. The predicted octanol–water partition coefficient (Wildman–Crippen LogP) is 2.14. The van der Waals surface area contributed by atoms with Gasteiger partial charge in [-0.05, 0) is 38.8 Å². The maximum absolute atomic E-state index is 12.4. The lowest BCUT2D eigenvalue weighted by molar-refractivity contribution is 0.0753. The fraction of sp³-hybridized carbons (Fsp3) is 0.538. The van der Waals surface area contributed by atoms with Crippen molar-refractivity contribution in [2.24, 2.45) is 0 Å². The average Bonchev–Trinajstić information content (AvgIpc) is 3.15. The molecule has 1 saturated carbocycles. The molecule has 2 rings (SSSR count). The molecule has 4 heteroatoms. The Labute approximate surface area is 102 Å². The Hall–Kier alpha value is -1.58. The van der Waals surface area contributed by atoms with E-state index in [0.29, 0.717) is 17.4 Å². The lowest BCUT2D eigenvalue weighted by atomic mass is 10.2. The highest BCUT2D eigenvalue weighted by atomic mass is 16.2. The highest BCUT2D eigenvalue weighted by Crippen LogP contribution is 2.28. The maximum atomic E-state index is 12.4. The Morgan fingerprint density at radius 3 is 2.88 bits per heavy atom. The van der Waals surface area contributed by atoms with Gasteiger partial charge < -0.3 is 10.2 Å². The van der Waals surface area contributed by atoms with Gasteiger partial charge in [0.1, 0.15) is 5.82 Å². The number of carbonyl (C=O) groups excluding carboxylic acids is 1. The van der Waals surface area contributed by atoms with Crippen LogP contribution in [0.15, 0.2) is 18.3 Å². The monoisotopic (exact) mass is 233 g/mol. The second-order valence-corrected chi connectivity index (χ2v) is 4.25. The molecule has 0 aromatic carbocycles. The van der Waals surface area contributed by atoms with Crippen LogP contribution in [0.25, 0.3) is 0 Å². The van der Waals surface area contributed by atoms with Gasteiger partial charge in [0.15, 0.2) is 0 Å². The standard InChI is InChI=1S/C13H19N3O/c1-3-14-12-11(6-5-9-15-12)13(17)16(4-2)10-7-8-10/h5-6,9-10H,3-4,7-8H2,1-2H3,(H,14,15). The smallest absolute Gasteiger partial charge is 0.257 e. The summed E-state index contributed by atoms with van der Waals surface area (Å²) in [4.78, 5) is 18.6. The second kappa shape index (κ2) is 5.17. The SMILES string of the molecule is CCNc1ncccc1C(=O)N(CC)C1CC1. The van der Waals surface area contributed by atoms with Crippen molar-refractivity contribution >= 4 is 11.7 Å². The minimum Gasteiger partial charge on any atom is -0.370 e. The largest absolute Gasteiger partial charge is 0.370 e. The minimum atomic E-state index is 0.0963. The fourth-order valence-electron chi connectivity index (χ4n) is 1.99. The van der Waals surface area contributed by atoms with E-state index in [2.05, 4.69) is 10.3 Å². The number of hydrogen-bond donors (Lipinski definition) is 1. The van der Waals surface area contributed by atoms with Crippen molar-refractivity contribution in [3.8, 4) is 0 Å². The van der Waals surface area contributed by atoms with Crippen molar-refractivity contribution in [2.45, 2.75) is 32.7 Å². The van der Waals surface area contributed by atoms with Crippen LogP contribution >= 0.6 is 0 Å². The molecule has 0 radical (unpaired) electrons. The summed E-state index contributed by atoms with van der Waals surface area (Å²) in [6.07, 6.45) is 3.98. The van der Waals surface area contributed by atoms with E-state index >= 15 is 0 Å². The number of nitrogens with zero attached hydrogens (tertiary/aromatic N) is 2. The van der Waals surface area contributed by atoms with E-state index in [1.165, 1.54) is 0 Å². The molecular formula is C13H19N3O. The maximum Gasteiger partial charge on any atom is 0.257 e. The molecule has 0 unspecified atom stereocenters. The van der Waals surface area contributed by atoms with Crippen LogP contribution in [0, 0.1) is 0 Å². The Morgan fingerprint density at radius 1 is 1.53 bits per heavy atom. The summed E-state index contributed by atoms with van der Waals surface area (Å²) in [5.74, 6) is 0.790. The fourth-order valence-corrected chi connectivity index (χ4v) is 1.99. The molecule has 1 amide bonds. The molecule has 1 aliphatic carbocycles. The van der Waals surface area contributed by atoms with E-state index in [9.17, 15) is 4.79 Å². The van der Waals surface area contributed by atoms with Crippen molar-refractivity contribution in [3.63, 3.8) is 0 Å². The topological polar surface area (TPSA) is 45.2 Å². The van der Waals surface area contributed by atoms with Crippen LogP contribution in [0.5, 0.6) is 0 Å². The second-order valence-electron chi connectivity index (χ2n) is 4.25. The van der Waals surface area contributed by atoms with Gasteiger partial charge in [0, 0.05) is 25.3 Å². The van der Waals surface area contributed by atoms with Gasteiger partial charge in [-0.25, -0.2) is 4.98 Å². The van der Waals surface area contributed by atoms with Crippen LogP contribution in [0.3, 0.4) is 0 Å².